The maximum Gasteiger partial charge on any atom is 0.124 e. The monoisotopic (exact) mass is 176 g/mol. The quantitative estimate of drug-likeness (QED) is 0.440. The molecule has 1 aliphatic carbocycles. The number of carbonyl (C=O) groups is 1. The van der Waals surface area contributed by atoms with E-state index in [4.69, 9.17) is 0 Å². The molecule has 0 N–H and O–H groups in total. The zero-order valence-corrected chi connectivity index (χ0v) is 6.23. The first-order valence-electron chi connectivity index (χ1n) is 2.94. The largest absolute Gasteiger partial charge is 0.303 e. The van der Waals surface area contributed by atoms with Gasteiger partial charge in [-0.1, -0.05) is 22.4 Å². The molecule has 0 radical (unpaired) electrons. The first kappa shape index (κ1) is 6.27. The molecule has 0 aromatic rings. The summed E-state index contributed by atoms with van der Waals surface area (Å²) in [5.41, 5.74) is 0. The lowest BCUT2D eigenvalue weighted by Gasteiger charge is -2.01. The second-order valence-electron chi connectivity index (χ2n) is 2.25. The van der Waals surface area contributed by atoms with Gasteiger partial charge in [0.25, 0.3) is 0 Å². The van der Waals surface area contributed by atoms with E-state index in [0.29, 0.717) is 10.7 Å². The van der Waals surface area contributed by atoms with Gasteiger partial charge in [-0.25, -0.2) is 0 Å². The Balaban J connectivity index is 2.41. The van der Waals surface area contributed by atoms with E-state index < -0.39 is 0 Å². The Bertz CT molecular complexity index is 92.5. The summed E-state index contributed by atoms with van der Waals surface area (Å²) in [4.78, 5) is 10.7. The van der Waals surface area contributed by atoms with E-state index in [0.717, 1.165) is 12.7 Å². The van der Waals surface area contributed by atoms with Crippen molar-refractivity contribution in [1.29, 1.82) is 0 Å². The number of halogens is 1. The van der Waals surface area contributed by atoms with E-state index in [9.17, 15) is 4.79 Å². The van der Waals surface area contributed by atoms with Gasteiger partial charge in [0.1, 0.15) is 6.29 Å². The molecule has 0 aromatic carbocycles. The van der Waals surface area contributed by atoms with Crippen LogP contribution in [0.5, 0.6) is 0 Å². The van der Waals surface area contributed by atoms with Gasteiger partial charge in [0.2, 0.25) is 0 Å². The van der Waals surface area contributed by atoms with E-state index in [1.807, 2.05) is 0 Å². The van der Waals surface area contributed by atoms with E-state index in [1.165, 1.54) is 12.8 Å². The van der Waals surface area contributed by atoms with Crippen molar-refractivity contribution in [1.82, 2.24) is 0 Å². The van der Waals surface area contributed by atoms with Crippen molar-refractivity contribution in [2.24, 2.45) is 5.92 Å². The van der Waals surface area contributed by atoms with Crippen molar-refractivity contribution in [3.05, 3.63) is 0 Å². The summed E-state index contributed by atoms with van der Waals surface area (Å²) >= 11 is 3.43. The highest BCUT2D eigenvalue weighted by molar-refractivity contribution is 9.09. The van der Waals surface area contributed by atoms with Gasteiger partial charge in [-0.2, -0.15) is 0 Å². The second kappa shape index (κ2) is 2.62. The smallest absolute Gasteiger partial charge is 0.124 e. The van der Waals surface area contributed by atoms with E-state index in [1.54, 1.807) is 0 Å². The van der Waals surface area contributed by atoms with Gasteiger partial charge in [0, 0.05) is 10.7 Å². The maximum atomic E-state index is 10.2. The Hall–Kier alpha value is 0.150. The van der Waals surface area contributed by atoms with Crippen molar-refractivity contribution >= 4 is 22.2 Å². The highest BCUT2D eigenvalue weighted by Crippen LogP contribution is 2.29. The van der Waals surface area contributed by atoms with Gasteiger partial charge in [-0.05, 0) is 12.8 Å². The molecule has 46 valence electrons. The molecule has 1 rings (SSSR count). The summed E-state index contributed by atoms with van der Waals surface area (Å²) < 4.78 is 0. The molecule has 1 saturated carbocycles. The van der Waals surface area contributed by atoms with Crippen molar-refractivity contribution in [2.45, 2.75) is 24.1 Å². The Labute approximate surface area is 57.6 Å². The van der Waals surface area contributed by atoms with Gasteiger partial charge in [0.15, 0.2) is 0 Å². The molecule has 2 atom stereocenters. The van der Waals surface area contributed by atoms with Crippen LogP contribution in [-0.4, -0.2) is 11.1 Å². The summed E-state index contributed by atoms with van der Waals surface area (Å²) in [6.07, 6.45) is 4.52. The van der Waals surface area contributed by atoms with Crippen molar-refractivity contribution in [2.75, 3.05) is 0 Å². The molecule has 2 unspecified atom stereocenters. The number of aldehydes is 1. The third kappa shape index (κ3) is 1.10. The van der Waals surface area contributed by atoms with Crippen molar-refractivity contribution < 1.29 is 4.79 Å². The molecule has 0 spiro atoms. The minimum Gasteiger partial charge on any atom is -0.303 e. The molecule has 1 fully saturated rings. The summed E-state index contributed by atoms with van der Waals surface area (Å²) in [7, 11) is 0. The summed E-state index contributed by atoms with van der Waals surface area (Å²) in [5.74, 6) is 0.301. The van der Waals surface area contributed by atoms with Crippen LogP contribution in [0.3, 0.4) is 0 Å². The highest BCUT2D eigenvalue weighted by Gasteiger charge is 2.23. The van der Waals surface area contributed by atoms with Crippen LogP contribution >= 0.6 is 15.9 Å². The lowest BCUT2D eigenvalue weighted by molar-refractivity contribution is -0.110. The Kier molecular flexibility index (Phi) is 2.06. The van der Waals surface area contributed by atoms with Gasteiger partial charge in [0.05, 0.1) is 0 Å². The zero-order chi connectivity index (χ0) is 5.98. The fraction of sp³-hybridized carbons (Fsp3) is 0.833. The first-order valence-corrected chi connectivity index (χ1v) is 3.85. The minimum atomic E-state index is 0.301. The zero-order valence-electron chi connectivity index (χ0n) is 4.64. The normalized spacial score (nSPS) is 37.6. The summed E-state index contributed by atoms with van der Waals surface area (Å²) in [5, 5.41) is 0. The topological polar surface area (TPSA) is 17.1 Å². The predicted molar refractivity (Wildman–Crippen MR) is 36.1 cm³/mol. The molecular formula is C6H9BrO. The van der Waals surface area contributed by atoms with Gasteiger partial charge < -0.3 is 4.79 Å². The van der Waals surface area contributed by atoms with Gasteiger partial charge in [-0.15, -0.1) is 0 Å². The average Bonchev–Trinajstić information content (AvgIpc) is 2.14. The van der Waals surface area contributed by atoms with Crippen LogP contribution < -0.4 is 0 Å². The predicted octanol–water partition coefficient (Wildman–Crippen LogP) is 1.75. The van der Waals surface area contributed by atoms with E-state index in [-0.39, 0.29) is 0 Å². The molecule has 0 saturated heterocycles. The van der Waals surface area contributed by atoms with Crippen LogP contribution in [0.25, 0.3) is 0 Å². The van der Waals surface area contributed by atoms with Crippen molar-refractivity contribution in [3.8, 4) is 0 Å². The Morgan fingerprint density at radius 2 is 2.25 bits per heavy atom. The number of hydrogen-bond donors (Lipinski definition) is 0. The third-order valence-electron chi connectivity index (χ3n) is 1.66. The SMILES string of the molecule is O=CC1CCCC1Br. The maximum absolute atomic E-state index is 10.2. The number of rotatable bonds is 1. The molecule has 8 heavy (non-hydrogen) atoms. The number of hydrogen-bond acceptors (Lipinski definition) is 1. The molecule has 1 nitrogen and oxygen atoms in total. The minimum absolute atomic E-state index is 0.301. The highest BCUT2D eigenvalue weighted by atomic mass is 79.9. The lowest BCUT2D eigenvalue weighted by atomic mass is 10.1. The molecular weight excluding hydrogens is 168 g/mol. The molecule has 0 aromatic heterocycles. The standard InChI is InChI=1S/C6H9BrO/c7-6-3-1-2-5(6)4-8/h4-6H,1-3H2. The van der Waals surface area contributed by atoms with Crippen LogP contribution in [0.2, 0.25) is 0 Å². The van der Waals surface area contributed by atoms with Crippen LogP contribution in [-0.2, 0) is 4.79 Å². The second-order valence-corrected chi connectivity index (χ2v) is 3.42. The average molecular weight is 177 g/mol. The van der Waals surface area contributed by atoms with E-state index in [2.05, 4.69) is 15.9 Å². The Morgan fingerprint density at radius 3 is 2.50 bits per heavy atom. The molecule has 0 heterocycles. The lowest BCUT2D eigenvalue weighted by Crippen LogP contribution is -2.06. The fourth-order valence-electron chi connectivity index (χ4n) is 1.10. The van der Waals surface area contributed by atoms with Crippen LogP contribution in [0, 0.1) is 5.92 Å². The van der Waals surface area contributed by atoms with Crippen LogP contribution in [0.15, 0.2) is 0 Å². The number of alkyl halides is 1. The van der Waals surface area contributed by atoms with E-state index >= 15 is 0 Å². The molecule has 0 bridgehead atoms. The number of carbonyl (C=O) groups excluding carboxylic acids is 1. The van der Waals surface area contributed by atoms with Crippen LogP contribution in [0.1, 0.15) is 19.3 Å². The molecule has 0 amide bonds. The summed E-state index contributed by atoms with van der Waals surface area (Å²) in [6.45, 7) is 0. The molecule has 0 aliphatic heterocycles. The summed E-state index contributed by atoms with van der Waals surface area (Å²) in [6, 6.07) is 0. The van der Waals surface area contributed by atoms with Gasteiger partial charge >= 0.3 is 0 Å². The fourth-order valence-corrected chi connectivity index (χ4v) is 1.81. The molecule has 2 heteroatoms. The van der Waals surface area contributed by atoms with Gasteiger partial charge in [-0.3, -0.25) is 0 Å². The molecule has 1 aliphatic rings. The Morgan fingerprint density at radius 1 is 1.50 bits per heavy atom. The third-order valence-corrected chi connectivity index (χ3v) is 2.79. The first-order chi connectivity index (χ1) is 3.84. The van der Waals surface area contributed by atoms with Crippen molar-refractivity contribution in [3.63, 3.8) is 0 Å². The van der Waals surface area contributed by atoms with Crippen LogP contribution in [0.4, 0.5) is 0 Å².